The summed E-state index contributed by atoms with van der Waals surface area (Å²) < 4.78 is 5.94. The molecule has 124 valence electrons. The van der Waals surface area contributed by atoms with Crippen LogP contribution in [0.15, 0.2) is 10.7 Å². The summed E-state index contributed by atoms with van der Waals surface area (Å²) in [6.07, 6.45) is 2.26. The predicted octanol–water partition coefficient (Wildman–Crippen LogP) is 3.52. The zero-order valence-corrected chi connectivity index (χ0v) is 15.3. The molecule has 0 bridgehead atoms. The molecule has 0 aliphatic carbocycles. The van der Waals surface area contributed by atoms with Crippen molar-refractivity contribution in [2.75, 3.05) is 18.4 Å². The van der Waals surface area contributed by atoms with Crippen molar-refractivity contribution in [2.24, 2.45) is 0 Å². The van der Waals surface area contributed by atoms with Gasteiger partial charge >= 0.3 is 6.09 Å². The molecule has 0 saturated carbocycles. The summed E-state index contributed by atoms with van der Waals surface area (Å²) in [6, 6.07) is 1.85. The molecule has 1 aromatic rings. The molecular weight excluding hydrogens is 348 g/mol. The number of hydrogen-bond donors (Lipinski definition) is 2. The number of nitrogens with one attached hydrogen (secondary N) is 2. The molecule has 22 heavy (non-hydrogen) atoms. The molecule has 1 amide bonds. The molecule has 6 nitrogen and oxygen atoms in total. The zero-order valence-electron chi connectivity index (χ0n) is 13.7. The van der Waals surface area contributed by atoms with Crippen molar-refractivity contribution in [3.8, 4) is 0 Å². The first kappa shape index (κ1) is 18.7. The van der Waals surface area contributed by atoms with Gasteiger partial charge in [0.1, 0.15) is 21.8 Å². The zero-order chi connectivity index (χ0) is 16.6. The number of aromatic nitrogens is 2. The highest BCUT2D eigenvalue weighted by atomic mass is 79.9. The molecule has 0 fully saturated rings. The summed E-state index contributed by atoms with van der Waals surface area (Å²) in [5.41, 5.74) is -0.467. The highest BCUT2D eigenvalue weighted by Crippen LogP contribution is 2.13. The van der Waals surface area contributed by atoms with Crippen LogP contribution in [0.1, 0.15) is 46.4 Å². The van der Waals surface area contributed by atoms with Crippen molar-refractivity contribution in [2.45, 2.75) is 52.6 Å². The second-order valence-corrected chi connectivity index (χ2v) is 6.76. The van der Waals surface area contributed by atoms with E-state index in [0.717, 1.165) is 35.5 Å². The molecule has 0 aliphatic heterocycles. The Labute approximate surface area is 140 Å². The Morgan fingerprint density at radius 2 is 2.05 bits per heavy atom. The van der Waals surface area contributed by atoms with Crippen LogP contribution in [0.5, 0.6) is 0 Å². The molecule has 0 saturated heterocycles. The van der Waals surface area contributed by atoms with Gasteiger partial charge in [0.2, 0.25) is 0 Å². The lowest BCUT2D eigenvalue weighted by Crippen LogP contribution is -2.33. The number of carbonyl (C=O) groups excluding carboxylic acids is 1. The van der Waals surface area contributed by atoms with Gasteiger partial charge in [0, 0.05) is 25.6 Å². The van der Waals surface area contributed by atoms with Crippen LogP contribution in [0, 0.1) is 0 Å². The highest BCUT2D eigenvalue weighted by Gasteiger charge is 2.15. The SMILES string of the molecule is CCCc1nc(Br)cc(NCCCNC(=O)OC(C)(C)C)n1. The summed E-state index contributed by atoms with van der Waals surface area (Å²) in [4.78, 5) is 20.2. The van der Waals surface area contributed by atoms with Crippen molar-refractivity contribution < 1.29 is 9.53 Å². The minimum atomic E-state index is -0.467. The normalized spacial score (nSPS) is 11.1. The second-order valence-electron chi connectivity index (χ2n) is 5.95. The number of ether oxygens (including phenoxy) is 1. The number of halogens is 1. The number of rotatable bonds is 7. The lowest BCUT2D eigenvalue weighted by atomic mass is 10.2. The Morgan fingerprint density at radius 3 is 2.68 bits per heavy atom. The molecule has 0 aliphatic rings. The molecule has 0 spiro atoms. The number of alkyl carbamates (subject to hydrolysis) is 1. The first-order valence-electron chi connectivity index (χ1n) is 7.54. The van der Waals surface area contributed by atoms with Gasteiger partial charge in [-0.2, -0.15) is 0 Å². The van der Waals surface area contributed by atoms with Crippen LogP contribution in [0.2, 0.25) is 0 Å². The van der Waals surface area contributed by atoms with Crippen molar-refractivity contribution >= 4 is 27.8 Å². The summed E-state index contributed by atoms with van der Waals surface area (Å²) >= 11 is 3.39. The molecule has 0 aromatic carbocycles. The van der Waals surface area contributed by atoms with Gasteiger partial charge in [-0.3, -0.25) is 0 Å². The molecule has 0 unspecified atom stereocenters. The summed E-state index contributed by atoms with van der Waals surface area (Å²) in [5, 5.41) is 5.96. The van der Waals surface area contributed by atoms with Crippen LogP contribution in [0.25, 0.3) is 0 Å². The number of aryl methyl sites for hydroxylation is 1. The first-order valence-corrected chi connectivity index (χ1v) is 8.33. The number of anilines is 1. The summed E-state index contributed by atoms with van der Waals surface area (Å²) in [6.45, 7) is 8.89. The van der Waals surface area contributed by atoms with E-state index in [2.05, 4.69) is 43.5 Å². The van der Waals surface area contributed by atoms with Gasteiger partial charge in [-0.05, 0) is 49.5 Å². The van der Waals surface area contributed by atoms with Gasteiger partial charge in [-0.15, -0.1) is 0 Å². The maximum absolute atomic E-state index is 11.5. The molecule has 2 N–H and O–H groups in total. The maximum Gasteiger partial charge on any atom is 0.407 e. The molecule has 1 heterocycles. The Bertz CT molecular complexity index is 489. The largest absolute Gasteiger partial charge is 0.444 e. The van der Waals surface area contributed by atoms with E-state index in [4.69, 9.17) is 4.74 Å². The van der Waals surface area contributed by atoms with Gasteiger partial charge in [0.15, 0.2) is 0 Å². The van der Waals surface area contributed by atoms with Crippen molar-refractivity contribution in [3.63, 3.8) is 0 Å². The van der Waals surface area contributed by atoms with Crippen LogP contribution in [-0.2, 0) is 11.2 Å². The van der Waals surface area contributed by atoms with Gasteiger partial charge in [-0.1, -0.05) is 6.92 Å². The fraction of sp³-hybridized carbons (Fsp3) is 0.667. The van der Waals surface area contributed by atoms with E-state index in [9.17, 15) is 4.79 Å². The quantitative estimate of drug-likeness (QED) is 0.565. The third kappa shape index (κ3) is 8.17. The lowest BCUT2D eigenvalue weighted by Gasteiger charge is -2.19. The molecular formula is C15H25BrN4O2. The number of nitrogens with zero attached hydrogens (tertiary/aromatic N) is 2. The fourth-order valence-corrected chi connectivity index (χ4v) is 2.12. The Balaban J connectivity index is 2.29. The maximum atomic E-state index is 11.5. The minimum absolute atomic E-state index is 0.387. The molecule has 0 atom stereocenters. The third-order valence-corrected chi connectivity index (χ3v) is 2.95. The fourth-order valence-electron chi connectivity index (χ4n) is 1.70. The molecule has 7 heteroatoms. The lowest BCUT2D eigenvalue weighted by molar-refractivity contribution is 0.0528. The second kappa shape index (κ2) is 8.92. The monoisotopic (exact) mass is 372 g/mol. The van der Waals surface area contributed by atoms with E-state index in [0.29, 0.717) is 13.1 Å². The molecule has 1 rings (SSSR count). The van der Waals surface area contributed by atoms with Crippen LogP contribution >= 0.6 is 15.9 Å². The van der Waals surface area contributed by atoms with Crippen LogP contribution in [-0.4, -0.2) is 34.8 Å². The van der Waals surface area contributed by atoms with Crippen LogP contribution in [0.3, 0.4) is 0 Å². The Kier molecular flexibility index (Phi) is 7.58. The predicted molar refractivity (Wildman–Crippen MR) is 91.1 cm³/mol. The van der Waals surface area contributed by atoms with Crippen LogP contribution in [0.4, 0.5) is 10.6 Å². The standard InChI is InChI=1S/C15H25BrN4O2/c1-5-7-12-19-11(16)10-13(20-12)17-8-6-9-18-14(21)22-15(2,3)4/h10H,5-9H2,1-4H3,(H,18,21)(H,17,19,20). The van der Waals surface area contributed by atoms with Crippen molar-refractivity contribution in [1.82, 2.24) is 15.3 Å². The van der Waals surface area contributed by atoms with E-state index < -0.39 is 5.60 Å². The topological polar surface area (TPSA) is 76.1 Å². The first-order chi connectivity index (χ1) is 10.3. The molecule has 0 radical (unpaired) electrons. The highest BCUT2D eigenvalue weighted by molar-refractivity contribution is 9.10. The van der Waals surface area contributed by atoms with E-state index in [1.165, 1.54) is 0 Å². The van der Waals surface area contributed by atoms with Crippen molar-refractivity contribution in [1.29, 1.82) is 0 Å². The summed E-state index contributed by atoms with van der Waals surface area (Å²) in [7, 11) is 0. The van der Waals surface area contributed by atoms with Gasteiger partial charge in [0.25, 0.3) is 0 Å². The van der Waals surface area contributed by atoms with Crippen molar-refractivity contribution in [3.05, 3.63) is 16.5 Å². The molecule has 1 aromatic heterocycles. The third-order valence-electron chi connectivity index (χ3n) is 2.54. The van der Waals surface area contributed by atoms with Gasteiger partial charge in [-0.25, -0.2) is 14.8 Å². The van der Waals surface area contributed by atoms with E-state index >= 15 is 0 Å². The number of hydrogen-bond acceptors (Lipinski definition) is 5. The average molecular weight is 373 g/mol. The Hall–Kier alpha value is -1.37. The van der Waals surface area contributed by atoms with Crippen LogP contribution < -0.4 is 10.6 Å². The van der Waals surface area contributed by atoms with Gasteiger partial charge < -0.3 is 15.4 Å². The average Bonchev–Trinajstić information content (AvgIpc) is 2.36. The Morgan fingerprint density at radius 1 is 1.32 bits per heavy atom. The number of amides is 1. The van der Waals surface area contributed by atoms with E-state index in [1.807, 2.05) is 26.8 Å². The van der Waals surface area contributed by atoms with Gasteiger partial charge in [0.05, 0.1) is 0 Å². The smallest absolute Gasteiger partial charge is 0.407 e. The minimum Gasteiger partial charge on any atom is -0.444 e. The van der Waals surface area contributed by atoms with E-state index in [1.54, 1.807) is 0 Å². The van der Waals surface area contributed by atoms with E-state index in [-0.39, 0.29) is 6.09 Å². The summed E-state index contributed by atoms with van der Waals surface area (Å²) in [5.74, 6) is 1.62. The number of carbonyl (C=O) groups is 1.